The lowest BCUT2D eigenvalue weighted by molar-refractivity contribution is 0.613. The Bertz CT molecular complexity index is 504. The molecule has 1 nitrogen and oxygen atoms in total. The molecular formula is C12H12BrCl2NS2. The molecule has 0 amide bonds. The third-order valence-corrected chi connectivity index (χ3v) is 6.42. The highest BCUT2D eigenvalue weighted by Gasteiger charge is 2.20. The molecule has 0 saturated carbocycles. The van der Waals surface area contributed by atoms with Crippen LogP contribution in [0.1, 0.15) is 29.1 Å². The summed E-state index contributed by atoms with van der Waals surface area (Å²) in [5, 5.41) is 6.36. The molecule has 1 N–H and O–H groups in total. The fourth-order valence-corrected chi connectivity index (χ4v) is 4.78. The van der Waals surface area contributed by atoms with Gasteiger partial charge in [0, 0.05) is 14.2 Å². The predicted molar refractivity (Wildman–Crippen MR) is 86.5 cm³/mol. The van der Waals surface area contributed by atoms with Crippen LogP contribution in [0.25, 0.3) is 0 Å². The fourth-order valence-electron chi connectivity index (χ4n) is 1.63. The van der Waals surface area contributed by atoms with Gasteiger partial charge in [0.25, 0.3) is 0 Å². The maximum absolute atomic E-state index is 6.24. The normalized spacial score (nSPS) is 12.9. The summed E-state index contributed by atoms with van der Waals surface area (Å²) in [4.78, 5) is 2.33. The molecule has 0 aliphatic heterocycles. The Morgan fingerprint density at radius 1 is 1.44 bits per heavy atom. The highest BCUT2D eigenvalue weighted by molar-refractivity contribution is 9.10. The van der Waals surface area contributed by atoms with E-state index in [-0.39, 0.29) is 6.04 Å². The second-order valence-electron chi connectivity index (χ2n) is 3.79. The van der Waals surface area contributed by atoms with Gasteiger partial charge in [-0.2, -0.15) is 0 Å². The lowest BCUT2D eigenvalue weighted by Crippen LogP contribution is -2.21. The first-order valence-corrected chi connectivity index (χ1v) is 8.79. The van der Waals surface area contributed by atoms with Crippen molar-refractivity contribution in [2.45, 2.75) is 19.4 Å². The van der Waals surface area contributed by atoms with Gasteiger partial charge in [0.15, 0.2) is 0 Å². The molecule has 0 aromatic carbocycles. The van der Waals surface area contributed by atoms with Crippen LogP contribution in [0.3, 0.4) is 0 Å². The Kier molecular flexibility index (Phi) is 5.54. The van der Waals surface area contributed by atoms with Crippen molar-refractivity contribution in [3.63, 3.8) is 0 Å². The van der Waals surface area contributed by atoms with Gasteiger partial charge >= 0.3 is 0 Å². The van der Waals surface area contributed by atoms with Crippen molar-refractivity contribution in [3.8, 4) is 0 Å². The molecule has 0 fully saturated rings. The topological polar surface area (TPSA) is 12.0 Å². The van der Waals surface area contributed by atoms with E-state index in [1.54, 1.807) is 22.7 Å². The molecule has 6 heteroatoms. The van der Waals surface area contributed by atoms with E-state index in [4.69, 9.17) is 23.2 Å². The molecular weight excluding hydrogens is 373 g/mol. The summed E-state index contributed by atoms with van der Waals surface area (Å²) in [5.41, 5.74) is 0. The van der Waals surface area contributed by atoms with Gasteiger partial charge in [0.2, 0.25) is 0 Å². The van der Waals surface area contributed by atoms with E-state index >= 15 is 0 Å². The monoisotopic (exact) mass is 383 g/mol. The number of hydrogen-bond donors (Lipinski definition) is 1. The first kappa shape index (κ1) is 14.8. The molecule has 0 spiro atoms. The second kappa shape index (κ2) is 6.73. The molecule has 2 aromatic heterocycles. The van der Waals surface area contributed by atoms with Crippen molar-refractivity contribution in [1.82, 2.24) is 5.32 Å². The largest absolute Gasteiger partial charge is 0.305 e. The van der Waals surface area contributed by atoms with Crippen LogP contribution in [0, 0.1) is 0 Å². The molecule has 0 saturated heterocycles. The van der Waals surface area contributed by atoms with Crippen LogP contribution in [0.5, 0.6) is 0 Å². The number of nitrogens with one attached hydrogen (secondary N) is 1. The highest BCUT2D eigenvalue weighted by Crippen LogP contribution is 2.40. The number of rotatable bonds is 5. The quantitative estimate of drug-likeness (QED) is 0.669. The van der Waals surface area contributed by atoms with Gasteiger partial charge in [-0.25, -0.2) is 0 Å². The molecule has 2 aromatic rings. The van der Waals surface area contributed by atoms with Gasteiger partial charge in [0.1, 0.15) is 4.34 Å². The zero-order valence-electron chi connectivity index (χ0n) is 9.67. The van der Waals surface area contributed by atoms with Gasteiger partial charge in [-0.3, -0.25) is 0 Å². The summed E-state index contributed by atoms with van der Waals surface area (Å²) in [7, 11) is 0. The predicted octanol–water partition coefficient (Wildman–Crippen LogP) is 5.97. The summed E-state index contributed by atoms with van der Waals surface area (Å²) in [5.74, 6) is 0. The van der Waals surface area contributed by atoms with Crippen LogP contribution in [0.2, 0.25) is 9.36 Å². The third kappa shape index (κ3) is 3.30. The van der Waals surface area contributed by atoms with Gasteiger partial charge in [-0.1, -0.05) is 30.1 Å². The van der Waals surface area contributed by atoms with E-state index < -0.39 is 0 Å². The van der Waals surface area contributed by atoms with Crippen LogP contribution in [-0.2, 0) is 0 Å². The molecule has 2 heterocycles. The Hall–Kier alpha value is 0.420. The van der Waals surface area contributed by atoms with Crippen LogP contribution >= 0.6 is 61.8 Å². The van der Waals surface area contributed by atoms with E-state index in [0.29, 0.717) is 0 Å². The minimum Gasteiger partial charge on any atom is -0.305 e. The van der Waals surface area contributed by atoms with Crippen molar-refractivity contribution >= 4 is 61.8 Å². The summed E-state index contributed by atoms with van der Waals surface area (Å²) < 4.78 is 1.72. The molecule has 0 aliphatic rings. The standard InChI is InChI=1S/C12H12BrCl2NS2/c1-2-4-16-10(11-8(14)3-5-17-11)9-6-7(13)12(15)18-9/h3,5-6,10,16H,2,4H2,1H3. The van der Waals surface area contributed by atoms with Crippen LogP contribution in [0.15, 0.2) is 22.0 Å². The molecule has 18 heavy (non-hydrogen) atoms. The summed E-state index contributed by atoms with van der Waals surface area (Å²) in [6, 6.07) is 4.13. The molecule has 1 unspecified atom stereocenters. The minimum atomic E-state index is 0.131. The van der Waals surface area contributed by atoms with Gasteiger partial charge in [-0.15, -0.1) is 22.7 Å². The first-order chi connectivity index (χ1) is 8.63. The van der Waals surface area contributed by atoms with Crippen molar-refractivity contribution in [2.24, 2.45) is 0 Å². The third-order valence-electron chi connectivity index (χ3n) is 2.45. The van der Waals surface area contributed by atoms with Gasteiger partial charge in [0.05, 0.1) is 11.1 Å². The molecule has 0 bridgehead atoms. The SMILES string of the molecule is CCCNC(c1cc(Br)c(Cl)s1)c1sccc1Cl. The Morgan fingerprint density at radius 2 is 2.22 bits per heavy atom. The van der Waals surface area contributed by atoms with Crippen molar-refractivity contribution in [3.05, 3.63) is 41.1 Å². The number of hydrogen-bond acceptors (Lipinski definition) is 3. The maximum Gasteiger partial charge on any atom is 0.107 e. The van der Waals surface area contributed by atoms with Crippen LogP contribution in [0.4, 0.5) is 0 Å². The van der Waals surface area contributed by atoms with Crippen molar-refractivity contribution < 1.29 is 0 Å². The fraction of sp³-hybridized carbons (Fsp3) is 0.333. The molecule has 0 radical (unpaired) electrons. The molecule has 1 atom stereocenters. The maximum atomic E-state index is 6.24. The highest BCUT2D eigenvalue weighted by atomic mass is 79.9. The van der Waals surface area contributed by atoms with Crippen LogP contribution < -0.4 is 5.32 Å². The van der Waals surface area contributed by atoms with E-state index in [1.165, 1.54) is 4.88 Å². The minimum absolute atomic E-state index is 0.131. The summed E-state index contributed by atoms with van der Waals surface area (Å²) >= 11 is 19.1. The second-order valence-corrected chi connectivity index (χ2v) is 7.69. The van der Waals surface area contributed by atoms with E-state index in [1.807, 2.05) is 11.4 Å². The summed E-state index contributed by atoms with van der Waals surface area (Å²) in [6.45, 7) is 3.10. The summed E-state index contributed by atoms with van der Waals surface area (Å²) in [6.07, 6.45) is 1.08. The Labute approximate surface area is 133 Å². The molecule has 98 valence electrons. The Balaban J connectivity index is 2.33. The lowest BCUT2D eigenvalue weighted by Gasteiger charge is -2.16. The lowest BCUT2D eigenvalue weighted by atomic mass is 10.2. The first-order valence-electron chi connectivity index (χ1n) is 5.54. The zero-order chi connectivity index (χ0) is 13.1. The number of halogens is 3. The van der Waals surface area contributed by atoms with E-state index in [2.05, 4.69) is 34.2 Å². The smallest absolute Gasteiger partial charge is 0.107 e. The average molecular weight is 385 g/mol. The van der Waals surface area contributed by atoms with Crippen molar-refractivity contribution in [2.75, 3.05) is 6.54 Å². The van der Waals surface area contributed by atoms with Gasteiger partial charge < -0.3 is 5.32 Å². The van der Waals surface area contributed by atoms with E-state index in [0.717, 1.165) is 31.7 Å². The zero-order valence-corrected chi connectivity index (χ0v) is 14.4. The van der Waals surface area contributed by atoms with Gasteiger partial charge in [-0.05, 0) is 46.4 Å². The Morgan fingerprint density at radius 3 is 2.72 bits per heavy atom. The van der Waals surface area contributed by atoms with Crippen LogP contribution in [-0.4, -0.2) is 6.54 Å². The average Bonchev–Trinajstić information content (AvgIpc) is 2.88. The molecule has 2 rings (SSSR count). The number of thiophene rings is 2. The van der Waals surface area contributed by atoms with Crippen molar-refractivity contribution in [1.29, 1.82) is 0 Å². The van der Waals surface area contributed by atoms with E-state index in [9.17, 15) is 0 Å². The molecule has 0 aliphatic carbocycles.